The number of nitrogens with two attached hydrogens (primary N) is 1. The smallest absolute Gasteiger partial charge is 0.0761 e. The van der Waals surface area contributed by atoms with Crippen molar-refractivity contribution in [2.45, 2.75) is 25.8 Å². The molecule has 0 atom stereocenters. The van der Waals surface area contributed by atoms with Crippen LogP contribution in [0.1, 0.15) is 18.4 Å². The Morgan fingerprint density at radius 2 is 1.87 bits per heavy atom. The summed E-state index contributed by atoms with van der Waals surface area (Å²) in [6.07, 6.45) is 4.07. The molecule has 1 fully saturated rings. The van der Waals surface area contributed by atoms with Crippen LogP contribution in [0.5, 0.6) is 0 Å². The fourth-order valence-electron chi connectivity index (χ4n) is 3.33. The average molecular weight is 306 g/mol. The van der Waals surface area contributed by atoms with Crippen LogP contribution in [0, 0.1) is 6.92 Å². The molecule has 23 heavy (non-hydrogen) atoms. The topological polar surface area (TPSA) is 47.1 Å². The zero-order valence-corrected chi connectivity index (χ0v) is 13.4. The van der Waals surface area contributed by atoms with Crippen LogP contribution in [0.2, 0.25) is 0 Å². The molecular weight excluding hydrogens is 284 g/mol. The standard InChI is InChI=1S/C19H22N4/c1-14-3-2-4-18(11-14)23-19-12-17(6-5-15(19)13-21-23)22-9-7-16(20)8-10-22/h2-6,11-13,16H,7-10,20H2,1H3. The SMILES string of the molecule is Cc1cccc(-n2ncc3ccc(N4CCC(N)CC4)cc32)c1. The molecule has 0 saturated carbocycles. The van der Waals surface area contributed by atoms with Gasteiger partial charge in [-0.15, -0.1) is 0 Å². The minimum atomic E-state index is 0.354. The number of aromatic nitrogens is 2. The highest BCUT2D eigenvalue weighted by Crippen LogP contribution is 2.26. The lowest BCUT2D eigenvalue weighted by Gasteiger charge is -2.32. The highest BCUT2D eigenvalue weighted by Gasteiger charge is 2.17. The van der Waals surface area contributed by atoms with Gasteiger partial charge in [0.15, 0.2) is 0 Å². The predicted octanol–water partition coefficient (Wildman–Crippen LogP) is 3.26. The minimum absolute atomic E-state index is 0.354. The summed E-state index contributed by atoms with van der Waals surface area (Å²) in [6, 6.07) is 15.4. The molecule has 4 rings (SSSR count). The zero-order chi connectivity index (χ0) is 15.8. The summed E-state index contributed by atoms with van der Waals surface area (Å²) < 4.78 is 2.03. The van der Waals surface area contributed by atoms with Crippen LogP contribution < -0.4 is 10.6 Å². The van der Waals surface area contributed by atoms with Crippen molar-refractivity contribution in [1.29, 1.82) is 0 Å². The molecule has 0 radical (unpaired) electrons. The van der Waals surface area contributed by atoms with Gasteiger partial charge in [0.25, 0.3) is 0 Å². The molecule has 1 aromatic heterocycles. The van der Waals surface area contributed by atoms with Gasteiger partial charge in [-0.25, -0.2) is 4.68 Å². The lowest BCUT2D eigenvalue weighted by Crippen LogP contribution is -2.39. The summed E-state index contributed by atoms with van der Waals surface area (Å²) >= 11 is 0. The monoisotopic (exact) mass is 306 g/mol. The number of fused-ring (bicyclic) bond motifs is 1. The summed E-state index contributed by atoms with van der Waals surface area (Å²) in [6.45, 7) is 4.17. The third-order valence-corrected chi connectivity index (χ3v) is 4.71. The molecule has 0 aliphatic carbocycles. The number of hydrogen-bond donors (Lipinski definition) is 1. The zero-order valence-electron chi connectivity index (χ0n) is 13.4. The molecule has 0 amide bonds. The van der Waals surface area contributed by atoms with E-state index < -0.39 is 0 Å². The first-order valence-electron chi connectivity index (χ1n) is 8.26. The number of rotatable bonds is 2. The van der Waals surface area contributed by atoms with Crippen LogP contribution in [0.4, 0.5) is 5.69 Å². The summed E-state index contributed by atoms with van der Waals surface area (Å²) in [5.74, 6) is 0. The number of aryl methyl sites for hydroxylation is 1. The lowest BCUT2D eigenvalue weighted by molar-refractivity contribution is 0.501. The Kier molecular flexibility index (Phi) is 3.54. The Hall–Kier alpha value is -2.33. The Morgan fingerprint density at radius 1 is 1.04 bits per heavy atom. The normalized spacial score (nSPS) is 16.2. The van der Waals surface area contributed by atoms with E-state index in [0.717, 1.165) is 37.1 Å². The van der Waals surface area contributed by atoms with Gasteiger partial charge in [0.05, 0.1) is 17.4 Å². The fraction of sp³-hybridized carbons (Fsp3) is 0.316. The van der Waals surface area contributed by atoms with Crippen molar-refractivity contribution in [2.75, 3.05) is 18.0 Å². The van der Waals surface area contributed by atoms with Crippen LogP contribution in [0.15, 0.2) is 48.7 Å². The van der Waals surface area contributed by atoms with Crippen molar-refractivity contribution in [3.8, 4) is 5.69 Å². The van der Waals surface area contributed by atoms with Crippen molar-refractivity contribution in [1.82, 2.24) is 9.78 Å². The molecule has 2 heterocycles. The highest BCUT2D eigenvalue weighted by atomic mass is 15.3. The maximum atomic E-state index is 6.02. The first kappa shape index (κ1) is 14.3. The molecule has 3 aromatic rings. The molecular formula is C19H22N4. The van der Waals surface area contributed by atoms with Crippen LogP contribution in [-0.2, 0) is 0 Å². The molecule has 1 saturated heterocycles. The molecule has 2 aromatic carbocycles. The quantitative estimate of drug-likeness (QED) is 0.790. The first-order chi connectivity index (χ1) is 11.2. The Labute approximate surface area is 136 Å². The molecule has 118 valence electrons. The van der Waals surface area contributed by atoms with E-state index in [9.17, 15) is 0 Å². The molecule has 0 bridgehead atoms. The third-order valence-electron chi connectivity index (χ3n) is 4.71. The number of piperidine rings is 1. The molecule has 2 N–H and O–H groups in total. The van der Waals surface area contributed by atoms with E-state index in [1.807, 2.05) is 10.9 Å². The summed E-state index contributed by atoms with van der Waals surface area (Å²) in [5, 5.41) is 5.75. The van der Waals surface area contributed by atoms with E-state index in [4.69, 9.17) is 5.73 Å². The van der Waals surface area contributed by atoms with Crippen molar-refractivity contribution >= 4 is 16.6 Å². The Bertz CT molecular complexity index is 828. The van der Waals surface area contributed by atoms with Gasteiger partial charge >= 0.3 is 0 Å². The lowest BCUT2D eigenvalue weighted by atomic mass is 10.1. The van der Waals surface area contributed by atoms with Crippen LogP contribution in [0.25, 0.3) is 16.6 Å². The van der Waals surface area contributed by atoms with Gasteiger partial charge in [-0.3, -0.25) is 0 Å². The van der Waals surface area contributed by atoms with Crippen LogP contribution >= 0.6 is 0 Å². The maximum Gasteiger partial charge on any atom is 0.0761 e. The van der Waals surface area contributed by atoms with Gasteiger partial charge < -0.3 is 10.6 Å². The number of benzene rings is 2. The third kappa shape index (κ3) is 2.70. The van der Waals surface area contributed by atoms with E-state index in [1.165, 1.54) is 16.6 Å². The van der Waals surface area contributed by atoms with Crippen LogP contribution in [0.3, 0.4) is 0 Å². The molecule has 0 unspecified atom stereocenters. The van der Waals surface area contributed by atoms with Gasteiger partial charge in [0.2, 0.25) is 0 Å². The molecule has 0 spiro atoms. The predicted molar refractivity (Wildman–Crippen MR) is 95.2 cm³/mol. The highest BCUT2D eigenvalue weighted by molar-refractivity contribution is 5.84. The van der Waals surface area contributed by atoms with Crippen molar-refractivity contribution in [3.05, 3.63) is 54.2 Å². The van der Waals surface area contributed by atoms with Crippen molar-refractivity contribution in [3.63, 3.8) is 0 Å². The van der Waals surface area contributed by atoms with E-state index in [1.54, 1.807) is 0 Å². The molecule has 1 aliphatic heterocycles. The number of nitrogens with zero attached hydrogens (tertiary/aromatic N) is 3. The second kappa shape index (κ2) is 5.70. The maximum absolute atomic E-state index is 6.02. The fourth-order valence-corrected chi connectivity index (χ4v) is 3.33. The van der Waals surface area contributed by atoms with Crippen molar-refractivity contribution in [2.24, 2.45) is 5.73 Å². The van der Waals surface area contributed by atoms with E-state index >= 15 is 0 Å². The molecule has 4 nitrogen and oxygen atoms in total. The summed E-state index contributed by atoms with van der Waals surface area (Å²) in [5.41, 5.74) is 10.8. The number of anilines is 1. The van der Waals surface area contributed by atoms with Crippen LogP contribution in [-0.4, -0.2) is 28.9 Å². The second-order valence-corrected chi connectivity index (χ2v) is 6.46. The Balaban J connectivity index is 1.74. The van der Waals surface area contributed by atoms with Gasteiger partial charge in [-0.2, -0.15) is 5.10 Å². The van der Waals surface area contributed by atoms with Gasteiger partial charge in [0.1, 0.15) is 0 Å². The number of hydrogen-bond acceptors (Lipinski definition) is 3. The van der Waals surface area contributed by atoms with Gasteiger partial charge in [-0.1, -0.05) is 12.1 Å². The van der Waals surface area contributed by atoms with Gasteiger partial charge in [0, 0.05) is 30.2 Å². The second-order valence-electron chi connectivity index (χ2n) is 6.46. The van der Waals surface area contributed by atoms with Crippen molar-refractivity contribution < 1.29 is 0 Å². The van der Waals surface area contributed by atoms with E-state index in [0.29, 0.717) is 6.04 Å². The summed E-state index contributed by atoms with van der Waals surface area (Å²) in [7, 11) is 0. The summed E-state index contributed by atoms with van der Waals surface area (Å²) in [4.78, 5) is 2.43. The minimum Gasteiger partial charge on any atom is -0.371 e. The Morgan fingerprint density at radius 3 is 2.65 bits per heavy atom. The largest absolute Gasteiger partial charge is 0.371 e. The first-order valence-corrected chi connectivity index (χ1v) is 8.26. The average Bonchev–Trinajstić information content (AvgIpc) is 2.98. The van der Waals surface area contributed by atoms with Gasteiger partial charge in [-0.05, 0) is 55.7 Å². The van der Waals surface area contributed by atoms with E-state index in [2.05, 4.69) is 59.4 Å². The molecule has 1 aliphatic rings. The van der Waals surface area contributed by atoms with E-state index in [-0.39, 0.29) is 0 Å². The molecule has 4 heteroatoms.